The van der Waals surface area contributed by atoms with Crippen LogP contribution in [-0.2, 0) is 4.79 Å². The van der Waals surface area contributed by atoms with Gasteiger partial charge in [-0.2, -0.15) is 13.2 Å². The minimum absolute atomic E-state index is 0.0772. The van der Waals surface area contributed by atoms with Gasteiger partial charge in [0.25, 0.3) is 5.91 Å². The molecule has 1 aliphatic carbocycles. The number of carbonyl (C=O) groups excluding carboxylic acids is 1. The highest BCUT2D eigenvalue weighted by molar-refractivity contribution is 8.00. The number of carbonyl (C=O) groups is 2. The molecule has 0 aliphatic heterocycles. The molecule has 0 aromatic heterocycles. The molecule has 1 amide bonds. The van der Waals surface area contributed by atoms with Gasteiger partial charge in [0.05, 0.1) is 11.0 Å². The number of hydrogen-bond acceptors (Lipinski definition) is 3. The highest BCUT2D eigenvalue weighted by Gasteiger charge is 2.50. The van der Waals surface area contributed by atoms with Crippen LogP contribution < -0.4 is 5.32 Å². The zero-order valence-electron chi connectivity index (χ0n) is 10.7. The van der Waals surface area contributed by atoms with Crippen LogP contribution in [0.25, 0.3) is 0 Å². The number of alkyl halides is 3. The van der Waals surface area contributed by atoms with Crippen molar-refractivity contribution in [1.82, 2.24) is 5.32 Å². The Hall–Kier alpha value is -1.70. The van der Waals surface area contributed by atoms with E-state index >= 15 is 0 Å². The van der Waals surface area contributed by atoms with Gasteiger partial charge in [-0.25, -0.2) is 0 Å². The van der Waals surface area contributed by atoms with Gasteiger partial charge >= 0.3 is 11.5 Å². The standard InChI is InChI=1S/C13H12F3NO3S/c14-13(15,16)21-9-4-2-1-3-8(9)10(18)17-7-12(5-6-12)11(19)20/h1-4H,5-7H2,(H,17,18)(H,19,20). The number of thioether (sulfide) groups is 1. The number of nitrogens with one attached hydrogen (secondary N) is 1. The van der Waals surface area contributed by atoms with Crippen molar-refractivity contribution in [2.24, 2.45) is 5.41 Å². The van der Waals surface area contributed by atoms with Gasteiger partial charge in [0.2, 0.25) is 0 Å². The summed E-state index contributed by atoms with van der Waals surface area (Å²) in [5.41, 5.74) is -5.56. The topological polar surface area (TPSA) is 66.4 Å². The van der Waals surface area contributed by atoms with Crippen LogP contribution in [0.3, 0.4) is 0 Å². The van der Waals surface area contributed by atoms with Gasteiger partial charge in [-0.15, -0.1) is 0 Å². The number of carboxylic acid groups (broad SMARTS) is 1. The first-order chi connectivity index (χ1) is 9.73. The van der Waals surface area contributed by atoms with E-state index in [4.69, 9.17) is 5.11 Å². The summed E-state index contributed by atoms with van der Waals surface area (Å²) in [7, 11) is 0. The molecule has 1 aromatic carbocycles. The van der Waals surface area contributed by atoms with E-state index in [1.165, 1.54) is 24.3 Å². The Labute approximate surface area is 122 Å². The van der Waals surface area contributed by atoms with Crippen LogP contribution in [0.2, 0.25) is 0 Å². The van der Waals surface area contributed by atoms with Gasteiger partial charge in [0.1, 0.15) is 0 Å². The summed E-state index contributed by atoms with van der Waals surface area (Å²) < 4.78 is 37.3. The molecular weight excluding hydrogens is 307 g/mol. The van der Waals surface area contributed by atoms with Crippen LogP contribution in [0.1, 0.15) is 23.2 Å². The Bertz CT molecular complexity index is 570. The van der Waals surface area contributed by atoms with Crippen LogP contribution in [-0.4, -0.2) is 29.0 Å². The average molecular weight is 319 g/mol. The van der Waals surface area contributed by atoms with E-state index < -0.39 is 22.8 Å². The lowest BCUT2D eigenvalue weighted by Gasteiger charge is -2.13. The fraction of sp³-hybridized carbons (Fsp3) is 0.385. The molecule has 0 atom stereocenters. The molecule has 0 radical (unpaired) electrons. The number of hydrogen-bond donors (Lipinski definition) is 2. The summed E-state index contributed by atoms with van der Waals surface area (Å²) in [5.74, 6) is -1.70. The van der Waals surface area contributed by atoms with E-state index in [0.29, 0.717) is 12.8 Å². The van der Waals surface area contributed by atoms with E-state index in [1.807, 2.05) is 0 Å². The van der Waals surface area contributed by atoms with Gasteiger partial charge in [-0.1, -0.05) is 12.1 Å². The number of aliphatic carboxylic acids is 1. The van der Waals surface area contributed by atoms with Crippen LogP contribution in [0.5, 0.6) is 0 Å². The van der Waals surface area contributed by atoms with Crippen molar-refractivity contribution in [3.63, 3.8) is 0 Å². The summed E-state index contributed by atoms with van der Waals surface area (Å²) in [6.45, 7) is -0.0772. The number of carboxylic acids is 1. The maximum absolute atomic E-state index is 12.4. The molecule has 0 unspecified atom stereocenters. The SMILES string of the molecule is O=C(NCC1(C(=O)O)CC1)c1ccccc1SC(F)(F)F. The van der Waals surface area contributed by atoms with Gasteiger partial charge < -0.3 is 10.4 Å². The average Bonchev–Trinajstić information content (AvgIpc) is 3.16. The van der Waals surface area contributed by atoms with Crippen LogP contribution in [0, 0.1) is 5.41 Å². The molecular formula is C13H12F3NO3S. The summed E-state index contributed by atoms with van der Waals surface area (Å²) >= 11 is -0.366. The maximum Gasteiger partial charge on any atom is 0.446 e. The zero-order valence-corrected chi connectivity index (χ0v) is 11.6. The third-order valence-corrected chi connectivity index (χ3v) is 4.06. The minimum atomic E-state index is -4.49. The Balaban J connectivity index is 2.07. The van der Waals surface area contributed by atoms with E-state index in [-0.39, 0.29) is 28.8 Å². The first kappa shape index (κ1) is 15.7. The van der Waals surface area contributed by atoms with Crippen LogP contribution in [0.15, 0.2) is 29.2 Å². The second-order valence-electron chi connectivity index (χ2n) is 4.81. The van der Waals surface area contributed by atoms with Crippen LogP contribution in [0.4, 0.5) is 13.2 Å². The van der Waals surface area contributed by atoms with E-state index in [1.54, 1.807) is 0 Å². The van der Waals surface area contributed by atoms with Gasteiger partial charge in [-0.3, -0.25) is 9.59 Å². The largest absolute Gasteiger partial charge is 0.481 e. The molecule has 21 heavy (non-hydrogen) atoms. The summed E-state index contributed by atoms with van der Waals surface area (Å²) in [6, 6.07) is 5.35. The molecule has 1 aromatic rings. The second-order valence-corrected chi connectivity index (χ2v) is 5.92. The molecule has 1 aliphatic rings. The lowest BCUT2D eigenvalue weighted by atomic mass is 10.1. The van der Waals surface area contributed by atoms with Gasteiger partial charge in [-0.05, 0) is 36.7 Å². The predicted molar refractivity (Wildman–Crippen MR) is 70.0 cm³/mol. The zero-order chi connectivity index (χ0) is 15.7. The molecule has 114 valence electrons. The fourth-order valence-corrected chi connectivity index (χ4v) is 2.50. The minimum Gasteiger partial charge on any atom is -0.481 e. The van der Waals surface area contributed by atoms with E-state index in [9.17, 15) is 22.8 Å². The third kappa shape index (κ3) is 3.90. The quantitative estimate of drug-likeness (QED) is 0.819. The Morgan fingerprint density at radius 2 is 1.90 bits per heavy atom. The molecule has 0 saturated heterocycles. The Morgan fingerprint density at radius 3 is 2.43 bits per heavy atom. The number of amides is 1. The molecule has 8 heteroatoms. The van der Waals surface area contributed by atoms with Crippen molar-refractivity contribution in [3.05, 3.63) is 29.8 Å². The van der Waals surface area contributed by atoms with Crippen molar-refractivity contribution in [1.29, 1.82) is 0 Å². The number of halogens is 3. The predicted octanol–water partition coefficient (Wildman–Crippen LogP) is 2.89. The van der Waals surface area contributed by atoms with Gasteiger partial charge in [0, 0.05) is 11.4 Å². The molecule has 0 heterocycles. The third-order valence-electron chi connectivity index (χ3n) is 3.25. The maximum atomic E-state index is 12.4. The molecule has 2 rings (SSSR count). The summed E-state index contributed by atoms with van der Waals surface area (Å²) in [4.78, 5) is 22.7. The molecule has 2 N–H and O–H groups in total. The monoisotopic (exact) mass is 319 g/mol. The highest BCUT2D eigenvalue weighted by atomic mass is 32.2. The van der Waals surface area contributed by atoms with Crippen molar-refractivity contribution >= 4 is 23.6 Å². The van der Waals surface area contributed by atoms with E-state index in [0.717, 1.165) is 0 Å². The second kappa shape index (κ2) is 5.59. The first-order valence-electron chi connectivity index (χ1n) is 6.10. The van der Waals surface area contributed by atoms with Crippen molar-refractivity contribution in [3.8, 4) is 0 Å². The smallest absolute Gasteiger partial charge is 0.446 e. The molecule has 0 bridgehead atoms. The molecule has 4 nitrogen and oxygen atoms in total. The summed E-state index contributed by atoms with van der Waals surface area (Å²) in [5, 5.41) is 11.4. The highest BCUT2D eigenvalue weighted by Crippen LogP contribution is 2.45. The van der Waals surface area contributed by atoms with Crippen LogP contribution >= 0.6 is 11.8 Å². The summed E-state index contributed by atoms with van der Waals surface area (Å²) in [6.07, 6.45) is 0.920. The van der Waals surface area contributed by atoms with Crippen molar-refractivity contribution < 1.29 is 27.9 Å². The fourth-order valence-electron chi connectivity index (χ4n) is 1.83. The van der Waals surface area contributed by atoms with E-state index in [2.05, 4.69) is 5.32 Å². The lowest BCUT2D eigenvalue weighted by Crippen LogP contribution is -2.34. The van der Waals surface area contributed by atoms with Crippen molar-refractivity contribution in [2.75, 3.05) is 6.54 Å². The normalized spacial score (nSPS) is 16.3. The van der Waals surface area contributed by atoms with Crippen molar-refractivity contribution in [2.45, 2.75) is 23.2 Å². The molecule has 0 spiro atoms. The number of rotatable bonds is 5. The molecule has 1 fully saturated rings. The Kier molecular flexibility index (Phi) is 4.18. The molecule has 1 saturated carbocycles. The lowest BCUT2D eigenvalue weighted by molar-refractivity contribution is -0.143. The Morgan fingerprint density at radius 1 is 1.29 bits per heavy atom. The first-order valence-corrected chi connectivity index (χ1v) is 6.92. The van der Waals surface area contributed by atoms with Gasteiger partial charge in [0.15, 0.2) is 0 Å². The number of benzene rings is 1.